The number of hydrogen-bond donors (Lipinski definition) is 2. The molecule has 7 nitrogen and oxygen atoms in total. The van der Waals surface area contributed by atoms with Gasteiger partial charge in [0.25, 0.3) is 10.0 Å². The minimum Gasteiger partial charge on any atom is -0.378 e. The number of hydrogen-bond acceptors (Lipinski definition) is 5. The molecule has 0 radical (unpaired) electrons. The highest BCUT2D eigenvalue weighted by Crippen LogP contribution is 2.23. The Bertz CT molecular complexity index is 525. The summed E-state index contributed by atoms with van der Waals surface area (Å²) in [6, 6.07) is -0.189. The van der Waals surface area contributed by atoms with Crippen molar-refractivity contribution in [3.8, 4) is 0 Å². The second kappa shape index (κ2) is 4.96. The fourth-order valence-corrected chi connectivity index (χ4v) is 3.84. The maximum absolute atomic E-state index is 12.5. The first kappa shape index (κ1) is 13.5. The van der Waals surface area contributed by atoms with Crippen molar-refractivity contribution in [1.82, 2.24) is 14.5 Å². The fourth-order valence-electron chi connectivity index (χ4n) is 2.06. The lowest BCUT2D eigenvalue weighted by Crippen LogP contribution is -2.47. The molecular weight excluding hydrogens is 256 g/mol. The number of nitrogens with one attached hydrogen (secondary N) is 1. The summed E-state index contributed by atoms with van der Waals surface area (Å²) in [6.07, 6.45) is 0. The molecule has 18 heavy (non-hydrogen) atoms. The summed E-state index contributed by atoms with van der Waals surface area (Å²) in [5.41, 5.74) is 6.83. The summed E-state index contributed by atoms with van der Waals surface area (Å²) in [6.45, 7) is 4.88. The monoisotopic (exact) mass is 274 g/mol. The van der Waals surface area contributed by atoms with Crippen molar-refractivity contribution in [3.05, 3.63) is 11.3 Å². The summed E-state index contributed by atoms with van der Waals surface area (Å²) < 4.78 is 31.7. The average Bonchev–Trinajstić information content (AvgIpc) is 2.71. The van der Waals surface area contributed by atoms with E-state index in [2.05, 4.69) is 10.2 Å². The average molecular weight is 274 g/mol. The highest BCUT2D eigenvalue weighted by molar-refractivity contribution is 7.89. The van der Waals surface area contributed by atoms with E-state index < -0.39 is 10.0 Å². The number of morpholine rings is 1. The summed E-state index contributed by atoms with van der Waals surface area (Å²) in [7, 11) is -3.60. The quantitative estimate of drug-likeness (QED) is 0.780. The summed E-state index contributed by atoms with van der Waals surface area (Å²) in [5, 5.41) is 6.61. The molecular formula is C10H18N4O3S. The molecule has 1 atom stereocenters. The molecule has 1 fully saturated rings. The van der Waals surface area contributed by atoms with Gasteiger partial charge in [-0.05, 0) is 13.8 Å². The lowest BCUT2D eigenvalue weighted by atomic mass is 10.3. The Morgan fingerprint density at radius 3 is 2.94 bits per heavy atom. The number of aryl methyl sites for hydroxylation is 1. The number of aromatic nitrogens is 2. The normalized spacial score (nSPS) is 22.3. The third-order valence-electron chi connectivity index (χ3n) is 3.10. The van der Waals surface area contributed by atoms with Crippen LogP contribution in [0.3, 0.4) is 0 Å². The highest BCUT2D eigenvalue weighted by atomic mass is 32.2. The smallest absolute Gasteiger partial charge is 0.263 e. The Balaban J connectivity index is 2.41. The minimum atomic E-state index is -3.60. The number of aromatic amines is 1. The molecule has 2 heterocycles. The molecule has 0 amide bonds. The van der Waals surface area contributed by atoms with Crippen LogP contribution in [0, 0.1) is 6.92 Å². The SMILES string of the molecule is Cc1[nH]nc(S(=O)(=O)N2CCOCC2C)c1CN. The van der Waals surface area contributed by atoms with E-state index in [1.54, 1.807) is 6.92 Å². The topological polar surface area (TPSA) is 101 Å². The van der Waals surface area contributed by atoms with E-state index in [-0.39, 0.29) is 17.6 Å². The van der Waals surface area contributed by atoms with Gasteiger partial charge in [0.2, 0.25) is 0 Å². The Hall–Kier alpha value is -0.960. The van der Waals surface area contributed by atoms with Gasteiger partial charge in [0.1, 0.15) is 0 Å². The van der Waals surface area contributed by atoms with Crippen molar-refractivity contribution in [1.29, 1.82) is 0 Å². The number of sulfonamides is 1. The largest absolute Gasteiger partial charge is 0.378 e. The first-order chi connectivity index (χ1) is 8.48. The van der Waals surface area contributed by atoms with Gasteiger partial charge in [0.05, 0.1) is 13.2 Å². The maximum atomic E-state index is 12.5. The second-order valence-electron chi connectivity index (χ2n) is 4.38. The van der Waals surface area contributed by atoms with E-state index in [1.807, 2.05) is 6.92 Å². The molecule has 8 heteroatoms. The van der Waals surface area contributed by atoms with Gasteiger partial charge in [-0.1, -0.05) is 0 Å². The van der Waals surface area contributed by atoms with Gasteiger partial charge in [0.15, 0.2) is 5.03 Å². The lowest BCUT2D eigenvalue weighted by molar-refractivity contribution is 0.0391. The van der Waals surface area contributed by atoms with E-state index in [0.29, 0.717) is 31.0 Å². The second-order valence-corrected chi connectivity index (χ2v) is 6.18. The summed E-state index contributed by atoms with van der Waals surface area (Å²) in [5.74, 6) is 0. The van der Waals surface area contributed by atoms with Crippen molar-refractivity contribution >= 4 is 10.0 Å². The van der Waals surface area contributed by atoms with Crippen LogP contribution in [-0.2, 0) is 21.3 Å². The van der Waals surface area contributed by atoms with Crippen LogP contribution in [0.2, 0.25) is 0 Å². The molecule has 2 rings (SSSR count). The van der Waals surface area contributed by atoms with Crippen molar-refractivity contribution in [2.24, 2.45) is 5.73 Å². The summed E-state index contributed by atoms with van der Waals surface area (Å²) >= 11 is 0. The summed E-state index contributed by atoms with van der Waals surface area (Å²) in [4.78, 5) is 0. The number of ether oxygens (including phenoxy) is 1. The van der Waals surface area contributed by atoms with Crippen LogP contribution < -0.4 is 5.73 Å². The van der Waals surface area contributed by atoms with E-state index >= 15 is 0 Å². The number of H-pyrrole nitrogens is 1. The molecule has 1 aromatic rings. The van der Waals surface area contributed by atoms with Crippen molar-refractivity contribution in [2.75, 3.05) is 19.8 Å². The predicted octanol–water partition coefficient (Wildman–Crippen LogP) is -0.414. The van der Waals surface area contributed by atoms with E-state index in [1.165, 1.54) is 4.31 Å². The van der Waals surface area contributed by atoms with Gasteiger partial charge < -0.3 is 10.5 Å². The molecule has 0 spiro atoms. The van der Waals surface area contributed by atoms with E-state index in [4.69, 9.17) is 10.5 Å². The molecule has 0 aliphatic carbocycles. The van der Waals surface area contributed by atoms with Gasteiger partial charge in [-0.15, -0.1) is 0 Å². The van der Waals surface area contributed by atoms with E-state index in [0.717, 1.165) is 0 Å². The first-order valence-electron chi connectivity index (χ1n) is 5.82. The third kappa shape index (κ3) is 2.16. The zero-order valence-corrected chi connectivity index (χ0v) is 11.3. The van der Waals surface area contributed by atoms with Crippen LogP contribution in [-0.4, -0.2) is 48.7 Å². The Kier molecular flexibility index (Phi) is 3.71. The van der Waals surface area contributed by atoms with Gasteiger partial charge in [0, 0.05) is 30.4 Å². The molecule has 1 aliphatic heterocycles. The van der Waals surface area contributed by atoms with Crippen LogP contribution in [0.5, 0.6) is 0 Å². The molecule has 1 aromatic heterocycles. The van der Waals surface area contributed by atoms with Gasteiger partial charge >= 0.3 is 0 Å². The molecule has 0 saturated carbocycles. The van der Waals surface area contributed by atoms with E-state index in [9.17, 15) is 8.42 Å². The maximum Gasteiger partial charge on any atom is 0.263 e. The van der Waals surface area contributed by atoms with Crippen molar-refractivity contribution in [2.45, 2.75) is 31.5 Å². The molecule has 1 saturated heterocycles. The van der Waals surface area contributed by atoms with Crippen LogP contribution in [0.1, 0.15) is 18.2 Å². The molecule has 1 unspecified atom stereocenters. The molecule has 3 N–H and O–H groups in total. The van der Waals surface area contributed by atoms with Gasteiger partial charge in [-0.25, -0.2) is 8.42 Å². The molecule has 0 bridgehead atoms. The third-order valence-corrected chi connectivity index (χ3v) is 5.09. The number of rotatable bonds is 3. The molecule has 1 aliphatic rings. The number of nitrogens with two attached hydrogens (primary N) is 1. The van der Waals surface area contributed by atoms with Crippen LogP contribution in [0.15, 0.2) is 5.03 Å². The number of nitrogens with zero attached hydrogens (tertiary/aromatic N) is 2. The standard InChI is InChI=1S/C10H18N4O3S/c1-7-6-17-4-3-14(7)18(15,16)10-9(5-11)8(2)12-13-10/h7H,3-6,11H2,1-2H3,(H,12,13). The van der Waals surface area contributed by atoms with Gasteiger partial charge in [-0.2, -0.15) is 9.40 Å². The van der Waals surface area contributed by atoms with Crippen LogP contribution in [0.4, 0.5) is 0 Å². The first-order valence-corrected chi connectivity index (χ1v) is 7.26. The lowest BCUT2D eigenvalue weighted by Gasteiger charge is -2.31. The van der Waals surface area contributed by atoms with Crippen LogP contribution >= 0.6 is 0 Å². The Morgan fingerprint density at radius 2 is 2.33 bits per heavy atom. The van der Waals surface area contributed by atoms with Crippen LogP contribution in [0.25, 0.3) is 0 Å². The Morgan fingerprint density at radius 1 is 1.61 bits per heavy atom. The Labute approximate surface area is 106 Å². The zero-order chi connectivity index (χ0) is 13.3. The van der Waals surface area contributed by atoms with Gasteiger partial charge in [-0.3, -0.25) is 5.10 Å². The fraction of sp³-hybridized carbons (Fsp3) is 0.700. The van der Waals surface area contributed by atoms with Crippen molar-refractivity contribution in [3.63, 3.8) is 0 Å². The predicted molar refractivity (Wildman–Crippen MR) is 65.4 cm³/mol. The van der Waals surface area contributed by atoms with Crippen molar-refractivity contribution < 1.29 is 13.2 Å². The molecule has 0 aromatic carbocycles. The highest BCUT2D eigenvalue weighted by Gasteiger charge is 2.35. The molecule has 102 valence electrons. The zero-order valence-electron chi connectivity index (χ0n) is 10.5. The minimum absolute atomic E-state index is 0.0382.